The van der Waals surface area contributed by atoms with Crippen LogP contribution in [0.5, 0.6) is 5.75 Å². The van der Waals surface area contributed by atoms with Crippen LogP contribution in [0.3, 0.4) is 0 Å². The fraction of sp³-hybridized carbons (Fsp3) is 0.455. The molecule has 1 rings (SSSR count). The zero-order chi connectivity index (χ0) is 10.2. The van der Waals surface area contributed by atoms with Gasteiger partial charge in [0.05, 0.1) is 7.11 Å². The summed E-state index contributed by atoms with van der Waals surface area (Å²) in [6.07, 6.45) is 1.03. The van der Waals surface area contributed by atoms with Crippen LogP contribution in [0.25, 0.3) is 0 Å². The molecule has 78 valence electrons. The molecule has 0 atom stereocenters. The van der Waals surface area contributed by atoms with E-state index in [1.807, 2.05) is 12.1 Å². The van der Waals surface area contributed by atoms with Crippen LogP contribution < -0.4 is 10.1 Å². The summed E-state index contributed by atoms with van der Waals surface area (Å²) in [6.45, 7) is 1.84. The van der Waals surface area contributed by atoms with Gasteiger partial charge in [0.25, 0.3) is 0 Å². The Bertz CT molecular complexity index is 248. The Morgan fingerprint density at radius 2 is 1.93 bits per heavy atom. The van der Waals surface area contributed by atoms with Gasteiger partial charge in [0.15, 0.2) is 0 Å². The van der Waals surface area contributed by atoms with Gasteiger partial charge >= 0.3 is 0 Å². The molecule has 1 N–H and O–H groups in total. The SMILES string of the molecule is COc1ccc(CCNCCCl)cc1. The van der Waals surface area contributed by atoms with E-state index >= 15 is 0 Å². The van der Waals surface area contributed by atoms with Crippen molar-refractivity contribution in [2.75, 3.05) is 26.1 Å². The number of hydrogen-bond acceptors (Lipinski definition) is 2. The highest BCUT2D eigenvalue weighted by atomic mass is 35.5. The smallest absolute Gasteiger partial charge is 0.118 e. The van der Waals surface area contributed by atoms with Crippen LogP contribution in [-0.2, 0) is 6.42 Å². The molecule has 3 heteroatoms. The molecule has 0 heterocycles. The van der Waals surface area contributed by atoms with Crippen molar-refractivity contribution in [3.8, 4) is 5.75 Å². The van der Waals surface area contributed by atoms with Gasteiger partial charge in [0.2, 0.25) is 0 Å². The minimum absolute atomic E-state index is 0.669. The maximum absolute atomic E-state index is 5.54. The number of halogens is 1. The van der Waals surface area contributed by atoms with Crippen molar-refractivity contribution in [2.24, 2.45) is 0 Å². The first kappa shape index (κ1) is 11.3. The van der Waals surface area contributed by atoms with Gasteiger partial charge in [0, 0.05) is 12.4 Å². The van der Waals surface area contributed by atoms with Gasteiger partial charge in [-0.25, -0.2) is 0 Å². The lowest BCUT2D eigenvalue weighted by Crippen LogP contribution is -2.19. The Labute approximate surface area is 90.2 Å². The Hall–Kier alpha value is -0.730. The van der Waals surface area contributed by atoms with Gasteiger partial charge in [-0.05, 0) is 30.7 Å². The molecule has 14 heavy (non-hydrogen) atoms. The van der Waals surface area contributed by atoms with E-state index in [2.05, 4.69) is 17.4 Å². The lowest BCUT2D eigenvalue weighted by Gasteiger charge is -2.04. The van der Waals surface area contributed by atoms with Gasteiger partial charge in [-0.2, -0.15) is 0 Å². The third kappa shape index (κ3) is 3.99. The summed E-state index contributed by atoms with van der Waals surface area (Å²) in [5.41, 5.74) is 1.31. The highest BCUT2D eigenvalue weighted by Crippen LogP contribution is 2.11. The minimum Gasteiger partial charge on any atom is -0.497 e. The van der Waals surface area contributed by atoms with Crippen molar-refractivity contribution < 1.29 is 4.74 Å². The number of nitrogens with one attached hydrogen (secondary N) is 1. The van der Waals surface area contributed by atoms with Crippen LogP contribution in [0.4, 0.5) is 0 Å². The average Bonchev–Trinajstić information content (AvgIpc) is 2.25. The first-order chi connectivity index (χ1) is 6.86. The summed E-state index contributed by atoms with van der Waals surface area (Å²) in [7, 11) is 1.68. The van der Waals surface area contributed by atoms with E-state index in [-0.39, 0.29) is 0 Å². The predicted octanol–water partition coefficient (Wildman–Crippen LogP) is 2.07. The third-order valence-electron chi connectivity index (χ3n) is 2.02. The molecular weight excluding hydrogens is 198 g/mol. The van der Waals surface area contributed by atoms with E-state index < -0.39 is 0 Å². The maximum Gasteiger partial charge on any atom is 0.118 e. The number of ether oxygens (including phenoxy) is 1. The van der Waals surface area contributed by atoms with E-state index in [0.29, 0.717) is 5.88 Å². The number of alkyl halides is 1. The molecule has 1 aromatic carbocycles. The molecule has 0 saturated carbocycles. The van der Waals surface area contributed by atoms with Gasteiger partial charge < -0.3 is 10.1 Å². The largest absolute Gasteiger partial charge is 0.497 e. The molecule has 1 aromatic rings. The van der Waals surface area contributed by atoms with Crippen molar-refractivity contribution in [1.82, 2.24) is 5.32 Å². The number of hydrogen-bond donors (Lipinski definition) is 1. The second-order valence-electron chi connectivity index (χ2n) is 3.04. The van der Waals surface area contributed by atoms with Crippen molar-refractivity contribution in [3.63, 3.8) is 0 Å². The molecule has 2 nitrogen and oxygen atoms in total. The molecular formula is C11H16ClNO. The predicted molar refractivity (Wildman–Crippen MR) is 60.3 cm³/mol. The quantitative estimate of drug-likeness (QED) is 0.577. The fourth-order valence-electron chi connectivity index (χ4n) is 1.22. The van der Waals surface area contributed by atoms with Crippen LogP contribution >= 0.6 is 11.6 Å². The third-order valence-corrected chi connectivity index (χ3v) is 2.21. The average molecular weight is 214 g/mol. The van der Waals surface area contributed by atoms with Gasteiger partial charge in [-0.1, -0.05) is 12.1 Å². The van der Waals surface area contributed by atoms with E-state index in [1.165, 1.54) is 5.56 Å². The molecule has 0 aliphatic carbocycles. The monoisotopic (exact) mass is 213 g/mol. The lowest BCUT2D eigenvalue weighted by molar-refractivity contribution is 0.414. The van der Waals surface area contributed by atoms with E-state index in [1.54, 1.807) is 7.11 Å². The molecule has 0 fully saturated rings. The number of methoxy groups -OCH3 is 1. The fourth-order valence-corrected chi connectivity index (χ4v) is 1.35. The first-order valence-corrected chi connectivity index (χ1v) is 5.30. The summed E-state index contributed by atoms with van der Waals surface area (Å²) in [6, 6.07) is 8.14. The zero-order valence-electron chi connectivity index (χ0n) is 8.42. The van der Waals surface area contributed by atoms with Gasteiger partial charge in [-0.15, -0.1) is 11.6 Å². The first-order valence-electron chi connectivity index (χ1n) is 4.76. The molecule has 0 aromatic heterocycles. The normalized spacial score (nSPS) is 10.1. The molecule has 0 saturated heterocycles. The molecule has 0 bridgehead atoms. The van der Waals surface area contributed by atoms with Crippen molar-refractivity contribution in [2.45, 2.75) is 6.42 Å². The zero-order valence-corrected chi connectivity index (χ0v) is 9.18. The van der Waals surface area contributed by atoms with Gasteiger partial charge in [-0.3, -0.25) is 0 Å². The summed E-state index contributed by atoms with van der Waals surface area (Å²) in [5.74, 6) is 1.57. The second kappa shape index (κ2) is 6.68. The van der Waals surface area contributed by atoms with Crippen LogP contribution in [0.2, 0.25) is 0 Å². The van der Waals surface area contributed by atoms with Crippen molar-refractivity contribution in [3.05, 3.63) is 29.8 Å². The van der Waals surface area contributed by atoms with Crippen LogP contribution in [-0.4, -0.2) is 26.1 Å². The Balaban J connectivity index is 2.29. The van der Waals surface area contributed by atoms with Crippen molar-refractivity contribution >= 4 is 11.6 Å². The minimum atomic E-state index is 0.669. The summed E-state index contributed by atoms with van der Waals surface area (Å²) >= 11 is 5.54. The maximum atomic E-state index is 5.54. The molecule has 0 aliphatic rings. The topological polar surface area (TPSA) is 21.3 Å². The summed E-state index contributed by atoms with van der Waals surface area (Å²) in [4.78, 5) is 0. The molecule has 0 amide bonds. The standard InChI is InChI=1S/C11H16ClNO/c1-14-11-4-2-10(3-5-11)6-8-13-9-7-12/h2-5,13H,6-9H2,1H3. The van der Waals surface area contributed by atoms with E-state index in [4.69, 9.17) is 16.3 Å². The highest BCUT2D eigenvalue weighted by molar-refractivity contribution is 6.18. The molecule has 0 spiro atoms. The Morgan fingerprint density at radius 1 is 1.21 bits per heavy atom. The van der Waals surface area contributed by atoms with Crippen LogP contribution in [0.15, 0.2) is 24.3 Å². The number of rotatable bonds is 6. The van der Waals surface area contributed by atoms with E-state index in [9.17, 15) is 0 Å². The number of benzene rings is 1. The van der Waals surface area contributed by atoms with Crippen molar-refractivity contribution in [1.29, 1.82) is 0 Å². The van der Waals surface area contributed by atoms with E-state index in [0.717, 1.165) is 25.3 Å². The Morgan fingerprint density at radius 3 is 2.50 bits per heavy atom. The lowest BCUT2D eigenvalue weighted by atomic mass is 10.1. The second-order valence-corrected chi connectivity index (χ2v) is 3.42. The summed E-state index contributed by atoms with van der Waals surface area (Å²) in [5, 5.41) is 3.25. The summed E-state index contributed by atoms with van der Waals surface area (Å²) < 4.78 is 5.08. The molecule has 0 unspecified atom stereocenters. The van der Waals surface area contributed by atoms with Crippen LogP contribution in [0, 0.1) is 0 Å². The highest BCUT2D eigenvalue weighted by Gasteiger charge is 1.93. The van der Waals surface area contributed by atoms with Crippen LogP contribution in [0.1, 0.15) is 5.56 Å². The van der Waals surface area contributed by atoms with Gasteiger partial charge in [0.1, 0.15) is 5.75 Å². The Kier molecular flexibility index (Phi) is 5.42. The molecule has 0 aliphatic heterocycles. The molecule has 0 radical (unpaired) electrons.